The highest BCUT2D eigenvalue weighted by Gasteiger charge is 2.37. The van der Waals surface area contributed by atoms with E-state index in [-0.39, 0.29) is 33.6 Å². The predicted octanol–water partition coefficient (Wildman–Crippen LogP) is 5.50. The Morgan fingerprint density at radius 3 is 2.08 bits per heavy atom. The summed E-state index contributed by atoms with van der Waals surface area (Å²) in [6.07, 6.45) is 0. The number of fused-ring (bicyclic) bond motifs is 1. The minimum atomic E-state index is -1.20. The topological polar surface area (TPSA) is 147 Å². The number of carbonyl (C=O) groups is 4. The Bertz CT molecular complexity index is 1670. The largest absolute Gasteiger partial charge is 0.478 e. The Balaban J connectivity index is 1.33. The first-order chi connectivity index (χ1) is 18.7. The van der Waals surface area contributed by atoms with Gasteiger partial charge in [0, 0.05) is 27.5 Å². The molecule has 0 unspecified atom stereocenters. The van der Waals surface area contributed by atoms with E-state index in [9.17, 15) is 34.4 Å². The quantitative estimate of drug-likeness (QED) is 0.178. The lowest BCUT2D eigenvalue weighted by atomic mass is 10.0. The van der Waals surface area contributed by atoms with Crippen molar-refractivity contribution in [2.75, 3.05) is 10.2 Å². The van der Waals surface area contributed by atoms with E-state index in [1.54, 1.807) is 42.5 Å². The van der Waals surface area contributed by atoms with Gasteiger partial charge in [-0.05, 0) is 66.7 Å². The number of carbonyl (C=O) groups excluding carboxylic acids is 3. The Kier molecular flexibility index (Phi) is 6.65. The molecule has 0 saturated carbocycles. The van der Waals surface area contributed by atoms with Crippen LogP contribution in [-0.2, 0) is 0 Å². The standard InChI is InChI=1S/C28H17N3O7S/c32-25(29-24-4-2-1-3-22(24)28(35)36)16-5-14-21-23(15-16)27(34)30(26(21)33)17-6-10-19(11-7-17)39-20-12-8-18(9-13-20)31(37)38/h1-15H,(H,29,32)(H,35,36). The first-order valence-corrected chi connectivity index (χ1v) is 12.2. The van der Waals surface area contributed by atoms with Gasteiger partial charge in [0.1, 0.15) is 0 Å². The second-order valence-corrected chi connectivity index (χ2v) is 9.50. The zero-order valence-corrected chi connectivity index (χ0v) is 20.7. The Labute approximate surface area is 225 Å². The molecule has 0 bridgehead atoms. The number of carboxylic acids is 1. The molecule has 0 radical (unpaired) electrons. The van der Waals surface area contributed by atoms with E-state index in [2.05, 4.69) is 5.32 Å². The Morgan fingerprint density at radius 1 is 0.821 bits per heavy atom. The van der Waals surface area contributed by atoms with E-state index in [1.165, 1.54) is 60.3 Å². The third kappa shape index (κ3) is 4.98. The molecule has 4 aromatic rings. The van der Waals surface area contributed by atoms with Crippen LogP contribution in [0.15, 0.2) is 101 Å². The monoisotopic (exact) mass is 539 g/mol. The highest BCUT2D eigenvalue weighted by molar-refractivity contribution is 7.99. The molecule has 5 rings (SSSR count). The molecule has 11 heteroatoms. The summed E-state index contributed by atoms with van der Waals surface area (Å²) in [6.45, 7) is 0. The third-order valence-corrected chi connectivity index (χ3v) is 6.95. The fourth-order valence-corrected chi connectivity index (χ4v) is 4.84. The molecule has 2 N–H and O–H groups in total. The number of rotatable bonds is 7. The van der Waals surface area contributed by atoms with Crippen molar-refractivity contribution in [2.45, 2.75) is 9.79 Å². The summed E-state index contributed by atoms with van der Waals surface area (Å²) in [7, 11) is 0. The number of aromatic carboxylic acids is 1. The van der Waals surface area contributed by atoms with Gasteiger partial charge in [-0.2, -0.15) is 0 Å². The second-order valence-electron chi connectivity index (χ2n) is 8.36. The second kappa shape index (κ2) is 10.2. The van der Waals surface area contributed by atoms with Gasteiger partial charge in [0.2, 0.25) is 0 Å². The average Bonchev–Trinajstić information content (AvgIpc) is 3.18. The van der Waals surface area contributed by atoms with E-state index < -0.39 is 28.6 Å². The van der Waals surface area contributed by atoms with Crippen LogP contribution in [0.3, 0.4) is 0 Å². The maximum Gasteiger partial charge on any atom is 0.337 e. The van der Waals surface area contributed by atoms with Crippen molar-refractivity contribution >= 4 is 52.5 Å². The summed E-state index contributed by atoms with van der Waals surface area (Å²) in [4.78, 5) is 63.4. The summed E-state index contributed by atoms with van der Waals surface area (Å²) in [5, 5.41) is 22.7. The SMILES string of the molecule is O=C(Nc1ccccc1C(=O)O)c1ccc2c(c1)C(=O)N(c1ccc(Sc3ccc([N+](=O)[O-])cc3)cc1)C2=O. The zero-order chi connectivity index (χ0) is 27.7. The van der Waals surface area contributed by atoms with Gasteiger partial charge in [-0.15, -0.1) is 0 Å². The molecular formula is C28H17N3O7S. The van der Waals surface area contributed by atoms with Crippen LogP contribution in [0.25, 0.3) is 0 Å². The first kappa shape index (κ1) is 25.4. The normalized spacial score (nSPS) is 12.3. The predicted molar refractivity (Wildman–Crippen MR) is 143 cm³/mol. The summed E-state index contributed by atoms with van der Waals surface area (Å²) < 4.78 is 0. The maximum absolute atomic E-state index is 13.2. The molecule has 0 atom stereocenters. The molecule has 4 aromatic carbocycles. The van der Waals surface area contributed by atoms with E-state index in [0.717, 1.165) is 14.7 Å². The lowest BCUT2D eigenvalue weighted by molar-refractivity contribution is -0.384. The molecule has 0 aliphatic carbocycles. The minimum absolute atomic E-state index is 0.00830. The number of non-ortho nitro benzene ring substituents is 1. The molecule has 10 nitrogen and oxygen atoms in total. The number of carboxylic acid groups (broad SMARTS) is 1. The molecule has 1 heterocycles. The molecule has 3 amide bonds. The number of hydrogen-bond donors (Lipinski definition) is 2. The van der Waals surface area contributed by atoms with Gasteiger partial charge < -0.3 is 10.4 Å². The van der Waals surface area contributed by atoms with Gasteiger partial charge in [0.15, 0.2) is 0 Å². The fraction of sp³-hybridized carbons (Fsp3) is 0. The van der Waals surface area contributed by atoms with Crippen molar-refractivity contribution in [1.82, 2.24) is 0 Å². The van der Waals surface area contributed by atoms with Crippen LogP contribution in [0.5, 0.6) is 0 Å². The van der Waals surface area contributed by atoms with Crippen LogP contribution in [0, 0.1) is 10.1 Å². The molecule has 0 spiro atoms. The van der Waals surface area contributed by atoms with E-state index in [0.29, 0.717) is 5.69 Å². The van der Waals surface area contributed by atoms with Gasteiger partial charge in [-0.25, -0.2) is 9.69 Å². The molecule has 1 aliphatic rings. The van der Waals surface area contributed by atoms with Crippen molar-refractivity contribution in [3.05, 3.63) is 123 Å². The summed E-state index contributed by atoms with van der Waals surface area (Å²) in [5.74, 6) is -2.95. The molecule has 0 saturated heterocycles. The number of nitro groups is 1. The molecule has 0 fully saturated rings. The molecule has 192 valence electrons. The van der Waals surface area contributed by atoms with Crippen molar-refractivity contribution in [3.63, 3.8) is 0 Å². The van der Waals surface area contributed by atoms with Gasteiger partial charge in [-0.1, -0.05) is 23.9 Å². The molecular weight excluding hydrogens is 522 g/mol. The molecule has 39 heavy (non-hydrogen) atoms. The van der Waals surface area contributed by atoms with Crippen LogP contribution in [0.4, 0.5) is 17.1 Å². The highest BCUT2D eigenvalue weighted by atomic mass is 32.2. The number of benzene rings is 4. The maximum atomic E-state index is 13.2. The van der Waals surface area contributed by atoms with Gasteiger partial charge >= 0.3 is 5.97 Å². The number of hydrogen-bond acceptors (Lipinski definition) is 7. The van der Waals surface area contributed by atoms with Crippen molar-refractivity contribution in [2.24, 2.45) is 0 Å². The summed E-state index contributed by atoms with van der Waals surface area (Å²) >= 11 is 1.36. The Morgan fingerprint density at radius 2 is 1.44 bits per heavy atom. The first-order valence-electron chi connectivity index (χ1n) is 11.4. The number of nitrogens with one attached hydrogen (secondary N) is 1. The van der Waals surface area contributed by atoms with Crippen LogP contribution in [0.1, 0.15) is 41.4 Å². The Hall–Kier alpha value is -5.29. The van der Waals surface area contributed by atoms with Crippen molar-refractivity contribution < 1.29 is 29.2 Å². The van der Waals surface area contributed by atoms with E-state index in [4.69, 9.17) is 0 Å². The molecule has 0 aromatic heterocycles. The number of nitro benzene ring substituents is 1. The van der Waals surface area contributed by atoms with Gasteiger partial charge in [-0.3, -0.25) is 24.5 Å². The number of amides is 3. The number of para-hydroxylation sites is 1. The van der Waals surface area contributed by atoms with Crippen LogP contribution in [-0.4, -0.2) is 33.7 Å². The lowest BCUT2D eigenvalue weighted by Crippen LogP contribution is -2.29. The minimum Gasteiger partial charge on any atom is -0.478 e. The van der Waals surface area contributed by atoms with Crippen LogP contribution >= 0.6 is 11.8 Å². The van der Waals surface area contributed by atoms with Gasteiger partial charge in [0.25, 0.3) is 23.4 Å². The van der Waals surface area contributed by atoms with Crippen LogP contribution < -0.4 is 10.2 Å². The van der Waals surface area contributed by atoms with Gasteiger partial charge in [0.05, 0.1) is 33.0 Å². The molecule has 1 aliphatic heterocycles. The lowest BCUT2D eigenvalue weighted by Gasteiger charge is -2.14. The highest BCUT2D eigenvalue weighted by Crippen LogP contribution is 2.33. The van der Waals surface area contributed by atoms with E-state index in [1.807, 2.05) is 0 Å². The summed E-state index contributed by atoms with van der Waals surface area (Å²) in [6, 6.07) is 22.8. The number of anilines is 2. The van der Waals surface area contributed by atoms with Crippen LogP contribution in [0.2, 0.25) is 0 Å². The number of imide groups is 1. The number of nitrogens with zero attached hydrogens (tertiary/aromatic N) is 2. The van der Waals surface area contributed by atoms with Crippen molar-refractivity contribution in [3.8, 4) is 0 Å². The third-order valence-electron chi connectivity index (χ3n) is 5.93. The smallest absolute Gasteiger partial charge is 0.337 e. The fourth-order valence-electron chi connectivity index (χ4n) is 4.02. The summed E-state index contributed by atoms with van der Waals surface area (Å²) in [5.41, 5.74) is 0.648. The average molecular weight is 540 g/mol. The van der Waals surface area contributed by atoms with Crippen molar-refractivity contribution in [1.29, 1.82) is 0 Å². The van der Waals surface area contributed by atoms with E-state index >= 15 is 0 Å². The zero-order valence-electron chi connectivity index (χ0n) is 19.9.